The number of rotatable bonds is 2. The molecule has 2 unspecified atom stereocenters. The molecule has 0 amide bonds. The van der Waals surface area contributed by atoms with Crippen LogP contribution in [0.5, 0.6) is 0 Å². The van der Waals surface area contributed by atoms with Crippen LogP contribution in [0.25, 0.3) is 12.2 Å². The second-order valence-electron chi connectivity index (χ2n) is 6.58. The maximum Gasteiger partial charge on any atom is -1.00 e. The SMILES string of the molecule is CCCP1C2=Cc3ccccc3[CH]2[Ti+2][CH]2C1=Cc1ccccc12.[F-].[F-]. The minimum absolute atomic E-state index is 0. The molecule has 1 heterocycles. The van der Waals surface area contributed by atoms with Gasteiger partial charge in [-0.25, -0.2) is 0 Å². The van der Waals surface area contributed by atoms with Gasteiger partial charge in [-0.05, 0) is 0 Å². The van der Waals surface area contributed by atoms with Gasteiger partial charge in [-0.3, -0.25) is 0 Å². The van der Waals surface area contributed by atoms with Crippen molar-refractivity contribution in [2.45, 2.75) is 21.8 Å². The maximum absolute atomic E-state index is 2.56. The third kappa shape index (κ3) is 2.80. The van der Waals surface area contributed by atoms with E-state index in [0.29, 0.717) is 0 Å². The average Bonchev–Trinajstić information content (AvgIpc) is 3.14. The van der Waals surface area contributed by atoms with Crippen LogP contribution < -0.4 is 9.41 Å². The number of halogens is 2. The van der Waals surface area contributed by atoms with Gasteiger partial charge >= 0.3 is 149 Å². The monoisotopic (exact) mass is 388 g/mol. The Hall–Kier alpha value is -1.08. The first kappa shape index (κ1) is 18.7. The fraction of sp³-hybridized carbons (Fsp3) is 0.238. The summed E-state index contributed by atoms with van der Waals surface area (Å²) in [5, 5.41) is 3.61. The summed E-state index contributed by atoms with van der Waals surface area (Å²) in [5.41, 5.74) is 6.28. The largest absolute Gasteiger partial charge is 1.00 e. The van der Waals surface area contributed by atoms with Gasteiger partial charge in [-0.1, -0.05) is 0 Å². The quantitative estimate of drug-likeness (QED) is 0.509. The van der Waals surface area contributed by atoms with Crippen molar-refractivity contribution in [3.05, 3.63) is 81.4 Å². The Morgan fingerprint density at radius 2 is 1.28 bits per heavy atom. The van der Waals surface area contributed by atoms with Crippen LogP contribution in [0.4, 0.5) is 0 Å². The minimum Gasteiger partial charge on any atom is -1.00 e. The van der Waals surface area contributed by atoms with Crippen LogP contribution in [-0.4, -0.2) is 6.16 Å². The van der Waals surface area contributed by atoms with E-state index in [2.05, 4.69) is 67.6 Å². The molecule has 2 aromatic carbocycles. The van der Waals surface area contributed by atoms with Crippen molar-refractivity contribution in [1.82, 2.24) is 0 Å². The summed E-state index contributed by atoms with van der Waals surface area (Å²) in [6.07, 6.45) is 7.79. The van der Waals surface area contributed by atoms with Crippen LogP contribution in [0, 0.1) is 0 Å². The van der Waals surface area contributed by atoms with Crippen molar-refractivity contribution in [3.8, 4) is 0 Å². The third-order valence-corrected chi connectivity index (χ3v) is 11.9. The van der Waals surface area contributed by atoms with Crippen molar-refractivity contribution >= 4 is 20.1 Å². The molecule has 4 heteroatoms. The first-order valence-corrected chi connectivity index (χ1v) is 11.8. The Labute approximate surface area is 157 Å². The van der Waals surface area contributed by atoms with E-state index >= 15 is 0 Å². The van der Waals surface area contributed by atoms with E-state index in [1.54, 1.807) is 21.8 Å². The molecule has 25 heavy (non-hydrogen) atoms. The molecule has 126 valence electrons. The smallest absolute Gasteiger partial charge is 1.00 e. The van der Waals surface area contributed by atoms with Crippen LogP contribution in [-0.2, 0) is 19.2 Å². The number of allylic oxidation sites excluding steroid dienone is 2. The molecular weight excluding hydrogens is 369 g/mol. The molecule has 0 nitrogen and oxygen atoms in total. The molecule has 2 aliphatic carbocycles. The van der Waals surface area contributed by atoms with Crippen molar-refractivity contribution < 1.29 is 28.6 Å². The van der Waals surface area contributed by atoms with E-state index in [4.69, 9.17) is 0 Å². The van der Waals surface area contributed by atoms with Crippen molar-refractivity contribution in [3.63, 3.8) is 0 Å². The zero-order chi connectivity index (χ0) is 15.4. The molecule has 1 fully saturated rings. The topological polar surface area (TPSA) is 0 Å². The first-order valence-electron chi connectivity index (χ1n) is 8.51. The fourth-order valence-electron chi connectivity index (χ4n) is 4.23. The van der Waals surface area contributed by atoms with Crippen molar-refractivity contribution in [2.75, 3.05) is 6.16 Å². The molecule has 1 saturated heterocycles. The number of hydrogen-bond acceptors (Lipinski definition) is 0. The summed E-state index contributed by atoms with van der Waals surface area (Å²) in [7, 11) is -0.0918. The fourth-order valence-corrected chi connectivity index (χ4v) is 11.8. The molecule has 1 aliphatic heterocycles. The van der Waals surface area contributed by atoms with Gasteiger partial charge in [0.25, 0.3) is 0 Å². The van der Waals surface area contributed by atoms with Gasteiger partial charge in [0, 0.05) is 0 Å². The first-order chi connectivity index (χ1) is 11.4. The third-order valence-electron chi connectivity index (χ3n) is 5.22. The molecule has 2 aromatic rings. The summed E-state index contributed by atoms with van der Waals surface area (Å²) >= 11 is -0.0708. The zero-order valence-electron chi connectivity index (χ0n) is 14.0. The van der Waals surface area contributed by atoms with E-state index in [0.717, 1.165) is 8.45 Å². The summed E-state index contributed by atoms with van der Waals surface area (Å²) in [6, 6.07) is 18.3. The molecule has 0 aromatic heterocycles. The van der Waals surface area contributed by atoms with E-state index in [-0.39, 0.29) is 36.5 Å². The van der Waals surface area contributed by atoms with Gasteiger partial charge in [-0.2, -0.15) is 0 Å². The predicted molar refractivity (Wildman–Crippen MR) is 96.4 cm³/mol. The Balaban J connectivity index is 0.000000911. The van der Waals surface area contributed by atoms with Gasteiger partial charge < -0.3 is 9.41 Å². The predicted octanol–water partition coefficient (Wildman–Crippen LogP) is 0.174. The minimum atomic E-state index is -0.0918. The van der Waals surface area contributed by atoms with E-state index in [1.165, 1.54) is 23.7 Å². The molecule has 0 bridgehead atoms. The molecule has 0 spiro atoms. The molecule has 3 aliphatic rings. The van der Waals surface area contributed by atoms with Crippen LogP contribution >= 0.6 is 7.92 Å². The second kappa shape index (κ2) is 7.27. The second-order valence-corrected chi connectivity index (χ2v) is 11.2. The summed E-state index contributed by atoms with van der Waals surface area (Å²) in [4.78, 5) is 0. The molecule has 0 saturated carbocycles. The Bertz CT molecular complexity index is 791. The zero-order valence-corrected chi connectivity index (χ0v) is 16.5. The molecular formula is C21H19F2PTi. The van der Waals surface area contributed by atoms with Gasteiger partial charge in [0.15, 0.2) is 0 Å². The number of hydrogen-bond donors (Lipinski definition) is 0. The van der Waals surface area contributed by atoms with Gasteiger partial charge in [-0.15, -0.1) is 0 Å². The van der Waals surface area contributed by atoms with Gasteiger partial charge in [0.1, 0.15) is 0 Å². The van der Waals surface area contributed by atoms with E-state index < -0.39 is 0 Å². The van der Waals surface area contributed by atoms with Crippen LogP contribution in [0.1, 0.15) is 44.0 Å². The number of benzene rings is 2. The molecule has 2 atom stereocenters. The van der Waals surface area contributed by atoms with Gasteiger partial charge in [0.2, 0.25) is 0 Å². The summed E-state index contributed by atoms with van der Waals surface area (Å²) < 4.78 is 1.58. The van der Waals surface area contributed by atoms with Crippen LogP contribution in [0.2, 0.25) is 0 Å². The molecule has 5 rings (SSSR count). The summed E-state index contributed by atoms with van der Waals surface area (Å²) in [5.74, 6) is 0. The maximum atomic E-state index is 2.56. The Morgan fingerprint density at radius 3 is 1.76 bits per heavy atom. The van der Waals surface area contributed by atoms with Crippen molar-refractivity contribution in [2.24, 2.45) is 0 Å². The van der Waals surface area contributed by atoms with E-state index in [9.17, 15) is 0 Å². The normalized spacial score (nSPS) is 24.0. The van der Waals surface area contributed by atoms with Gasteiger partial charge in [0.05, 0.1) is 0 Å². The van der Waals surface area contributed by atoms with E-state index in [1.807, 2.05) is 0 Å². The molecule has 0 radical (unpaired) electrons. The Morgan fingerprint density at radius 1 is 0.800 bits per heavy atom. The average molecular weight is 388 g/mol. The standard InChI is InChI=1S/C21H19P.2FH.Ti/c1-2-11-22(20-12-16-7-3-4-8-17(16)13-20)21-14-18-9-5-6-10-19(18)15-21;;;/h3-10,12-15H,2,11H2,1H3;2*1H;/q;;;+2/p-2. The van der Waals surface area contributed by atoms with Crippen molar-refractivity contribution in [1.29, 1.82) is 0 Å². The summed E-state index contributed by atoms with van der Waals surface area (Å²) in [6.45, 7) is 2.35. The van der Waals surface area contributed by atoms with Crippen LogP contribution in [0.3, 0.4) is 0 Å². The Kier molecular flexibility index (Phi) is 5.44. The number of fused-ring (bicyclic) bond motifs is 6. The molecule has 0 N–H and O–H groups in total. The van der Waals surface area contributed by atoms with Crippen LogP contribution in [0.15, 0.2) is 59.2 Å².